The van der Waals surface area contributed by atoms with E-state index in [2.05, 4.69) is 39.4 Å². The first kappa shape index (κ1) is 9.23. The average molecular weight is 279 g/mol. The summed E-state index contributed by atoms with van der Waals surface area (Å²) in [5.41, 5.74) is 2.86. The molecule has 1 aromatic rings. The summed E-state index contributed by atoms with van der Waals surface area (Å²) in [5, 5.41) is 3.29. The first-order valence-electron chi connectivity index (χ1n) is 3.34. The van der Waals surface area contributed by atoms with Crippen LogP contribution in [-0.4, -0.2) is 0 Å². The van der Waals surface area contributed by atoms with Crippen LogP contribution in [0.25, 0.3) is 0 Å². The second-order valence-electron chi connectivity index (χ2n) is 2.52. The van der Waals surface area contributed by atoms with E-state index in [1.165, 1.54) is 15.6 Å². The molecule has 60 valence electrons. The lowest BCUT2D eigenvalue weighted by atomic mass is 10.1. The zero-order chi connectivity index (χ0) is 6.97. The van der Waals surface area contributed by atoms with Gasteiger partial charge in [0, 0.05) is 17.6 Å². The molecule has 1 nitrogen and oxygen atoms in total. The molecular formula is C8H9Br2N. The van der Waals surface area contributed by atoms with Crippen molar-refractivity contribution in [2.24, 2.45) is 0 Å². The van der Waals surface area contributed by atoms with Crippen LogP contribution in [0.1, 0.15) is 11.1 Å². The van der Waals surface area contributed by atoms with E-state index >= 15 is 0 Å². The summed E-state index contributed by atoms with van der Waals surface area (Å²) in [4.78, 5) is 0. The Balaban J connectivity index is 0.000000605. The van der Waals surface area contributed by atoms with Crippen LogP contribution in [0.5, 0.6) is 0 Å². The smallest absolute Gasteiger partial charge is 0.0212 e. The van der Waals surface area contributed by atoms with Crippen LogP contribution >= 0.6 is 32.9 Å². The fraction of sp³-hybridized carbons (Fsp3) is 0.250. The first-order valence-corrected chi connectivity index (χ1v) is 4.13. The topological polar surface area (TPSA) is 12.0 Å². The quantitative estimate of drug-likeness (QED) is 0.769. The van der Waals surface area contributed by atoms with E-state index in [-0.39, 0.29) is 17.0 Å². The highest BCUT2D eigenvalue weighted by atomic mass is 79.9. The van der Waals surface area contributed by atoms with Crippen molar-refractivity contribution in [3.05, 3.63) is 33.8 Å². The molecule has 2 rings (SSSR count). The van der Waals surface area contributed by atoms with Gasteiger partial charge in [-0.25, -0.2) is 0 Å². The predicted octanol–water partition coefficient (Wildman–Crippen LogP) is 2.63. The molecular weight excluding hydrogens is 270 g/mol. The molecule has 1 heterocycles. The Hall–Kier alpha value is 0.140. The van der Waals surface area contributed by atoms with Crippen LogP contribution in [0, 0.1) is 0 Å². The van der Waals surface area contributed by atoms with E-state index in [4.69, 9.17) is 0 Å². The van der Waals surface area contributed by atoms with Crippen LogP contribution in [0.2, 0.25) is 0 Å². The van der Waals surface area contributed by atoms with Crippen molar-refractivity contribution in [1.29, 1.82) is 0 Å². The molecule has 0 saturated heterocycles. The van der Waals surface area contributed by atoms with Crippen molar-refractivity contribution in [2.45, 2.75) is 13.1 Å². The summed E-state index contributed by atoms with van der Waals surface area (Å²) in [6, 6.07) is 6.43. The summed E-state index contributed by atoms with van der Waals surface area (Å²) in [5.74, 6) is 0. The van der Waals surface area contributed by atoms with Gasteiger partial charge in [0.25, 0.3) is 0 Å². The van der Waals surface area contributed by atoms with E-state index in [9.17, 15) is 0 Å². The third kappa shape index (κ3) is 1.83. The Bertz CT molecular complexity index is 260. The molecule has 3 heteroatoms. The van der Waals surface area contributed by atoms with E-state index < -0.39 is 0 Å². The highest BCUT2D eigenvalue weighted by Crippen LogP contribution is 2.19. The second-order valence-corrected chi connectivity index (χ2v) is 3.43. The van der Waals surface area contributed by atoms with E-state index in [0.717, 1.165) is 13.1 Å². The van der Waals surface area contributed by atoms with Crippen molar-refractivity contribution in [1.82, 2.24) is 5.32 Å². The van der Waals surface area contributed by atoms with Gasteiger partial charge in [0.2, 0.25) is 0 Å². The largest absolute Gasteiger partial charge is 0.309 e. The lowest BCUT2D eigenvalue weighted by molar-refractivity contribution is 0.765. The molecule has 1 aromatic carbocycles. The molecule has 1 N–H and O–H groups in total. The van der Waals surface area contributed by atoms with Crippen LogP contribution in [-0.2, 0) is 13.1 Å². The lowest BCUT2D eigenvalue weighted by Crippen LogP contribution is -1.99. The monoisotopic (exact) mass is 277 g/mol. The number of hydrogen-bond acceptors (Lipinski definition) is 1. The molecule has 0 aliphatic carbocycles. The Kier molecular flexibility index (Phi) is 3.10. The van der Waals surface area contributed by atoms with Crippen molar-refractivity contribution >= 4 is 32.9 Å². The highest BCUT2D eigenvalue weighted by molar-refractivity contribution is 9.10. The summed E-state index contributed by atoms with van der Waals surface area (Å²) in [7, 11) is 0. The molecule has 0 aromatic heterocycles. The minimum atomic E-state index is 0. The minimum absolute atomic E-state index is 0. The molecule has 0 unspecified atom stereocenters. The molecule has 0 saturated carbocycles. The maximum absolute atomic E-state index is 3.44. The highest BCUT2D eigenvalue weighted by Gasteiger charge is 2.08. The molecule has 1 aliphatic heterocycles. The van der Waals surface area contributed by atoms with Crippen LogP contribution < -0.4 is 5.32 Å². The maximum atomic E-state index is 3.44. The van der Waals surface area contributed by atoms with Gasteiger partial charge in [-0.15, -0.1) is 17.0 Å². The Morgan fingerprint density at radius 3 is 2.73 bits per heavy atom. The Labute approximate surface area is 85.1 Å². The summed E-state index contributed by atoms with van der Waals surface area (Å²) >= 11 is 3.44. The van der Waals surface area contributed by atoms with Gasteiger partial charge in [-0.3, -0.25) is 0 Å². The number of nitrogens with one attached hydrogen (secondary N) is 1. The zero-order valence-corrected chi connectivity index (χ0v) is 9.23. The van der Waals surface area contributed by atoms with Crippen molar-refractivity contribution in [3.63, 3.8) is 0 Å². The van der Waals surface area contributed by atoms with E-state index in [0.29, 0.717) is 0 Å². The lowest BCUT2D eigenvalue weighted by Gasteiger charge is -1.95. The van der Waals surface area contributed by atoms with Gasteiger partial charge < -0.3 is 5.32 Å². The molecule has 0 atom stereocenters. The molecule has 0 spiro atoms. The number of benzene rings is 1. The second kappa shape index (κ2) is 3.70. The molecule has 0 amide bonds. The van der Waals surface area contributed by atoms with E-state index in [1.54, 1.807) is 0 Å². The average Bonchev–Trinajstić information content (AvgIpc) is 2.33. The van der Waals surface area contributed by atoms with Gasteiger partial charge in [0.05, 0.1) is 0 Å². The normalized spacial score (nSPS) is 13.9. The molecule has 1 aliphatic rings. The molecule has 0 bridgehead atoms. The number of fused-ring (bicyclic) bond motifs is 1. The fourth-order valence-electron chi connectivity index (χ4n) is 1.26. The number of hydrogen-bond donors (Lipinski definition) is 1. The maximum Gasteiger partial charge on any atom is 0.0212 e. The molecule has 0 fully saturated rings. The zero-order valence-electron chi connectivity index (χ0n) is 5.93. The van der Waals surface area contributed by atoms with Gasteiger partial charge in [-0.1, -0.05) is 22.0 Å². The van der Waals surface area contributed by atoms with Crippen LogP contribution in [0.15, 0.2) is 22.7 Å². The van der Waals surface area contributed by atoms with Gasteiger partial charge in [-0.2, -0.15) is 0 Å². The SMILES string of the molecule is Br.Brc1ccc2c(c1)CNC2. The standard InChI is InChI=1S/C8H8BrN.BrH/c9-8-2-1-6-4-10-5-7(6)3-8;/h1-3,10H,4-5H2;1H. The number of halogens is 2. The molecule has 11 heavy (non-hydrogen) atoms. The number of rotatable bonds is 0. The third-order valence-electron chi connectivity index (χ3n) is 1.80. The minimum Gasteiger partial charge on any atom is -0.309 e. The van der Waals surface area contributed by atoms with Crippen molar-refractivity contribution < 1.29 is 0 Å². The predicted molar refractivity (Wildman–Crippen MR) is 55.0 cm³/mol. The summed E-state index contributed by atoms with van der Waals surface area (Å²) < 4.78 is 1.18. The van der Waals surface area contributed by atoms with Crippen LogP contribution in [0.3, 0.4) is 0 Å². The Morgan fingerprint density at radius 2 is 1.91 bits per heavy atom. The summed E-state index contributed by atoms with van der Waals surface area (Å²) in [6.45, 7) is 2.05. The van der Waals surface area contributed by atoms with Gasteiger partial charge in [0.15, 0.2) is 0 Å². The van der Waals surface area contributed by atoms with Crippen molar-refractivity contribution in [3.8, 4) is 0 Å². The third-order valence-corrected chi connectivity index (χ3v) is 2.29. The Morgan fingerprint density at radius 1 is 1.18 bits per heavy atom. The van der Waals surface area contributed by atoms with Gasteiger partial charge >= 0.3 is 0 Å². The summed E-state index contributed by atoms with van der Waals surface area (Å²) in [6.07, 6.45) is 0. The molecule has 0 radical (unpaired) electrons. The fourth-order valence-corrected chi connectivity index (χ4v) is 1.67. The van der Waals surface area contributed by atoms with E-state index in [1.807, 2.05) is 0 Å². The first-order chi connectivity index (χ1) is 4.86. The van der Waals surface area contributed by atoms with Crippen LogP contribution in [0.4, 0.5) is 0 Å². The van der Waals surface area contributed by atoms with Gasteiger partial charge in [-0.05, 0) is 23.3 Å². The van der Waals surface area contributed by atoms with Gasteiger partial charge in [0.1, 0.15) is 0 Å². The van der Waals surface area contributed by atoms with Crippen molar-refractivity contribution in [2.75, 3.05) is 0 Å².